The molecule has 1 unspecified atom stereocenters. The minimum atomic E-state index is -0.139. The molecule has 8 heteroatoms. The van der Waals surface area contributed by atoms with Gasteiger partial charge in [0.15, 0.2) is 0 Å². The number of hydrogen-bond donors (Lipinski definition) is 0. The van der Waals surface area contributed by atoms with E-state index < -0.39 is 0 Å². The zero-order chi connectivity index (χ0) is 17.5. The Kier molecular flexibility index (Phi) is 4.81. The van der Waals surface area contributed by atoms with E-state index in [1.807, 2.05) is 0 Å². The van der Waals surface area contributed by atoms with Crippen molar-refractivity contribution in [2.45, 2.75) is 32.3 Å². The monoisotopic (exact) mass is 412 g/mol. The summed E-state index contributed by atoms with van der Waals surface area (Å²) in [5.41, 5.74) is 1.78. The van der Waals surface area contributed by atoms with Crippen molar-refractivity contribution in [3.63, 3.8) is 0 Å². The van der Waals surface area contributed by atoms with Gasteiger partial charge in [-0.25, -0.2) is 9.67 Å². The van der Waals surface area contributed by atoms with E-state index in [4.69, 9.17) is 9.72 Å². The number of rotatable bonds is 2. The van der Waals surface area contributed by atoms with Crippen LogP contribution in [-0.4, -0.2) is 34.5 Å². The van der Waals surface area contributed by atoms with Gasteiger partial charge in [-0.05, 0) is 15.9 Å². The number of ether oxygens (including phenoxy) is 1. The highest BCUT2D eigenvalue weighted by atomic mass is 79.9. The smallest absolute Gasteiger partial charge is 0.282 e. The van der Waals surface area contributed by atoms with E-state index in [0.29, 0.717) is 17.6 Å². The SMILES string of the molecule is Cn1ncc(N2CCOC(c3nc(C(C)(C)C)cs3)C2)c(Br)c1=O. The van der Waals surface area contributed by atoms with Crippen molar-refractivity contribution in [3.8, 4) is 0 Å². The summed E-state index contributed by atoms with van der Waals surface area (Å²) in [6, 6.07) is 0. The summed E-state index contributed by atoms with van der Waals surface area (Å²) in [4.78, 5) is 19.0. The number of halogens is 1. The Morgan fingerprint density at radius 1 is 1.42 bits per heavy atom. The van der Waals surface area contributed by atoms with Gasteiger partial charge in [-0.3, -0.25) is 4.79 Å². The molecule has 2 aromatic heterocycles. The predicted molar refractivity (Wildman–Crippen MR) is 98.9 cm³/mol. The molecule has 1 saturated heterocycles. The van der Waals surface area contributed by atoms with Crippen molar-refractivity contribution >= 4 is 33.0 Å². The van der Waals surface area contributed by atoms with Gasteiger partial charge in [0.1, 0.15) is 15.6 Å². The van der Waals surface area contributed by atoms with E-state index in [0.717, 1.165) is 22.9 Å². The summed E-state index contributed by atoms with van der Waals surface area (Å²) in [6.07, 6.45) is 1.63. The zero-order valence-electron chi connectivity index (χ0n) is 14.2. The maximum Gasteiger partial charge on any atom is 0.282 e. The molecule has 1 aliphatic heterocycles. The largest absolute Gasteiger partial charge is 0.367 e. The lowest BCUT2D eigenvalue weighted by atomic mass is 9.93. The molecular weight excluding hydrogens is 392 g/mol. The van der Waals surface area contributed by atoms with Crippen molar-refractivity contribution in [1.29, 1.82) is 0 Å². The first-order chi connectivity index (χ1) is 11.3. The van der Waals surface area contributed by atoms with E-state index in [9.17, 15) is 4.79 Å². The highest BCUT2D eigenvalue weighted by Crippen LogP contribution is 2.32. The fraction of sp³-hybridized carbons (Fsp3) is 0.562. The van der Waals surface area contributed by atoms with Crippen LogP contribution < -0.4 is 10.5 Å². The quantitative estimate of drug-likeness (QED) is 0.758. The molecule has 1 fully saturated rings. The Labute approximate surface area is 153 Å². The molecule has 3 heterocycles. The van der Waals surface area contributed by atoms with Gasteiger partial charge in [-0.1, -0.05) is 20.8 Å². The van der Waals surface area contributed by atoms with Crippen LogP contribution in [0.25, 0.3) is 0 Å². The molecule has 0 bridgehead atoms. The van der Waals surface area contributed by atoms with Gasteiger partial charge in [0.05, 0.1) is 30.7 Å². The minimum Gasteiger partial charge on any atom is -0.367 e. The molecule has 0 saturated carbocycles. The summed E-state index contributed by atoms with van der Waals surface area (Å²) in [5, 5.41) is 7.22. The number of thiazole rings is 1. The second-order valence-corrected chi connectivity index (χ2v) is 8.58. The van der Waals surface area contributed by atoms with Crippen LogP contribution in [0.5, 0.6) is 0 Å². The van der Waals surface area contributed by atoms with E-state index in [1.165, 1.54) is 4.68 Å². The number of aromatic nitrogens is 3. The fourth-order valence-electron chi connectivity index (χ4n) is 2.52. The average molecular weight is 413 g/mol. The standard InChI is InChI=1S/C16H21BrN4O2S/c1-16(2,3)12-9-24-14(19-12)11-8-21(5-6-23-11)10-7-18-20(4)15(22)13(10)17/h7,9,11H,5-6,8H2,1-4H3. The zero-order valence-corrected chi connectivity index (χ0v) is 16.6. The van der Waals surface area contributed by atoms with Crippen molar-refractivity contribution < 1.29 is 4.74 Å². The topological polar surface area (TPSA) is 60.3 Å². The fourth-order valence-corrected chi connectivity index (χ4v) is 4.21. The number of anilines is 1. The van der Waals surface area contributed by atoms with Crippen molar-refractivity contribution in [1.82, 2.24) is 14.8 Å². The molecule has 0 amide bonds. The van der Waals surface area contributed by atoms with Gasteiger partial charge in [0, 0.05) is 24.4 Å². The molecule has 0 N–H and O–H groups in total. The van der Waals surface area contributed by atoms with Crippen molar-refractivity contribution in [2.75, 3.05) is 24.6 Å². The Bertz CT molecular complexity index is 796. The highest BCUT2D eigenvalue weighted by Gasteiger charge is 2.28. The van der Waals surface area contributed by atoms with Crippen LogP contribution in [-0.2, 0) is 17.2 Å². The van der Waals surface area contributed by atoms with Crippen LogP contribution in [0.4, 0.5) is 5.69 Å². The summed E-state index contributed by atoms with van der Waals surface area (Å²) < 4.78 is 7.78. The molecule has 130 valence electrons. The number of hydrogen-bond acceptors (Lipinski definition) is 6. The summed E-state index contributed by atoms with van der Waals surface area (Å²) in [6.45, 7) is 8.44. The molecule has 24 heavy (non-hydrogen) atoms. The minimum absolute atomic E-state index is 0.0295. The third kappa shape index (κ3) is 3.41. The van der Waals surface area contributed by atoms with Gasteiger partial charge in [0.25, 0.3) is 5.56 Å². The number of aryl methyl sites for hydroxylation is 1. The first-order valence-electron chi connectivity index (χ1n) is 7.81. The first kappa shape index (κ1) is 17.6. The molecule has 2 aromatic rings. The van der Waals surface area contributed by atoms with Crippen LogP contribution in [0, 0.1) is 0 Å². The van der Waals surface area contributed by atoms with Gasteiger partial charge in [-0.2, -0.15) is 5.10 Å². The van der Waals surface area contributed by atoms with Gasteiger partial charge in [0.2, 0.25) is 0 Å². The van der Waals surface area contributed by atoms with E-state index >= 15 is 0 Å². The summed E-state index contributed by atoms with van der Waals surface area (Å²) in [7, 11) is 1.64. The summed E-state index contributed by atoms with van der Waals surface area (Å²) >= 11 is 5.04. The third-order valence-corrected chi connectivity index (χ3v) is 5.71. The lowest BCUT2D eigenvalue weighted by Crippen LogP contribution is -2.39. The van der Waals surface area contributed by atoms with Gasteiger partial charge >= 0.3 is 0 Å². The molecule has 0 radical (unpaired) electrons. The lowest BCUT2D eigenvalue weighted by Gasteiger charge is -2.33. The van der Waals surface area contributed by atoms with E-state index in [1.54, 1.807) is 24.6 Å². The molecule has 1 atom stereocenters. The second-order valence-electron chi connectivity index (χ2n) is 6.90. The van der Waals surface area contributed by atoms with E-state index in [2.05, 4.69) is 52.1 Å². The Hall–Kier alpha value is -1.25. The normalized spacial score (nSPS) is 18.9. The number of nitrogens with zero attached hydrogens (tertiary/aromatic N) is 4. The molecular formula is C16H21BrN4O2S. The first-order valence-corrected chi connectivity index (χ1v) is 9.49. The maximum atomic E-state index is 12.1. The molecule has 1 aliphatic rings. The highest BCUT2D eigenvalue weighted by molar-refractivity contribution is 9.10. The van der Waals surface area contributed by atoms with Gasteiger partial charge < -0.3 is 9.64 Å². The predicted octanol–water partition coefficient (Wildman–Crippen LogP) is 2.87. The van der Waals surface area contributed by atoms with Crippen LogP contribution in [0.15, 0.2) is 20.8 Å². The van der Waals surface area contributed by atoms with Crippen LogP contribution in [0.2, 0.25) is 0 Å². The second kappa shape index (κ2) is 6.57. The molecule has 6 nitrogen and oxygen atoms in total. The maximum absolute atomic E-state index is 12.1. The van der Waals surface area contributed by atoms with Crippen LogP contribution >= 0.6 is 27.3 Å². The molecule has 0 aromatic carbocycles. The molecule has 0 spiro atoms. The molecule has 0 aliphatic carbocycles. The molecule has 3 rings (SSSR count). The van der Waals surface area contributed by atoms with Crippen LogP contribution in [0.1, 0.15) is 37.6 Å². The Morgan fingerprint density at radius 2 is 2.17 bits per heavy atom. The Morgan fingerprint density at radius 3 is 2.83 bits per heavy atom. The van der Waals surface area contributed by atoms with Gasteiger partial charge in [-0.15, -0.1) is 11.3 Å². The third-order valence-electron chi connectivity index (χ3n) is 4.03. The van der Waals surface area contributed by atoms with E-state index in [-0.39, 0.29) is 17.1 Å². The van der Waals surface area contributed by atoms with Crippen molar-refractivity contribution in [3.05, 3.63) is 37.1 Å². The average Bonchev–Trinajstić information content (AvgIpc) is 3.03. The number of morpholine rings is 1. The van der Waals surface area contributed by atoms with Crippen LogP contribution in [0.3, 0.4) is 0 Å². The Balaban J connectivity index is 1.84. The summed E-state index contributed by atoms with van der Waals surface area (Å²) in [5.74, 6) is 0. The lowest BCUT2D eigenvalue weighted by molar-refractivity contribution is 0.0394. The van der Waals surface area contributed by atoms with Crippen molar-refractivity contribution in [2.24, 2.45) is 7.05 Å².